The predicted octanol–water partition coefficient (Wildman–Crippen LogP) is 1.15. The molecule has 1 fully saturated rings. The molecule has 0 spiro atoms. The van der Waals surface area contributed by atoms with E-state index >= 15 is 0 Å². The quantitative estimate of drug-likeness (QED) is 0.737. The smallest absolute Gasteiger partial charge is 0.335 e. The molecule has 3 rings (SSSR count). The fourth-order valence-electron chi connectivity index (χ4n) is 1.94. The van der Waals surface area contributed by atoms with Crippen LogP contribution in [-0.4, -0.2) is 23.8 Å². The van der Waals surface area contributed by atoms with Gasteiger partial charge in [-0.15, -0.1) is 0 Å². The van der Waals surface area contributed by atoms with Crippen LogP contribution in [0.5, 0.6) is 5.75 Å². The summed E-state index contributed by atoms with van der Waals surface area (Å²) in [5.41, 5.74) is 2.08. The van der Waals surface area contributed by atoms with Gasteiger partial charge in [-0.05, 0) is 23.3 Å². The first kappa shape index (κ1) is 8.73. The number of aliphatic carboxylic acids is 1. The van der Waals surface area contributed by atoms with Crippen molar-refractivity contribution in [3.63, 3.8) is 0 Å². The summed E-state index contributed by atoms with van der Waals surface area (Å²) in [6.45, 7) is 0.715. The van der Waals surface area contributed by atoms with Gasteiger partial charge in [-0.25, -0.2) is 4.79 Å². The summed E-state index contributed by atoms with van der Waals surface area (Å²) in [5.74, 6) is 0.0167. The standard InChI is InChI=1S/C11H10O4/c12-11(13)10-9(15-10)7-1-2-8-6(5-7)3-4-14-8/h1-2,5,9-10H,3-4H2,(H,12,13). The molecule has 1 aromatic rings. The van der Waals surface area contributed by atoms with Crippen LogP contribution >= 0.6 is 0 Å². The molecule has 1 saturated heterocycles. The van der Waals surface area contributed by atoms with E-state index in [1.807, 2.05) is 18.2 Å². The number of hydrogen-bond acceptors (Lipinski definition) is 3. The van der Waals surface area contributed by atoms with E-state index < -0.39 is 12.1 Å². The monoisotopic (exact) mass is 206 g/mol. The zero-order valence-electron chi connectivity index (χ0n) is 7.97. The summed E-state index contributed by atoms with van der Waals surface area (Å²) in [6.07, 6.45) is -0.0352. The Kier molecular flexibility index (Phi) is 1.73. The third kappa shape index (κ3) is 1.37. The third-order valence-corrected chi connectivity index (χ3v) is 2.78. The molecular weight excluding hydrogens is 196 g/mol. The summed E-state index contributed by atoms with van der Waals surface area (Å²) in [6, 6.07) is 5.74. The van der Waals surface area contributed by atoms with Crippen molar-refractivity contribution in [1.82, 2.24) is 0 Å². The topological polar surface area (TPSA) is 59.1 Å². The Balaban J connectivity index is 1.86. The van der Waals surface area contributed by atoms with Crippen molar-refractivity contribution in [2.75, 3.05) is 6.61 Å². The molecule has 0 aliphatic carbocycles. The number of carbonyl (C=O) groups is 1. The number of ether oxygens (including phenoxy) is 2. The Morgan fingerprint density at radius 2 is 2.33 bits per heavy atom. The molecule has 0 aromatic heterocycles. The molecule has 0 amide bonds. The highest BCUT2D eigenvalue weighted by atomic mass is 16.6. The molecule has 1 aromatic carbocycles. The van der Waals surface area contributed by atoms with Crippen LogP contribution in [0.4, 0.5) is 0 Å². The summed E-state index contributed by atoms with van der Waals surface area (Å²) in [7, 11) is 0. The Morgan fingerprint density at radius 3 is 3.07 bits per heavy atom. The van der Waals surface area contributed by atoms with Crippen LogP contribution in [0.3, 0.4) is 0 Å². The lowest BCUT2D eigenvalue weighted by Gasteiger charge is -2.00. The van der Waals surface area contributed by atoms with Gasteiger partial charge in [0.15, 0.2) is 6.10 Å². The lowest BCUT2D eigenvalue weighted by molar-refractivity contribution is -0.138. The molecule has 2 heterocycles. The van der Waals surface area contributed by atoms with Crippen LogP contribution in [-0.2, 0) is 16.0 Å². The second-order valence-electron chi connectivity index (χ2n) is 3.78. The molecule has 2 aliphatic heterocycles. The summed E-state index contributed by atoms with van der Waals surface area (Å²) in [5, 5.41) is 8.73. The van der Waals surface area contributed by atoms with Crippen LogP contribution in [0.1, 0.15) is 17.2 Å². The average molecular weight is 206 g/mol. The van der Waals surface area contributed by atoms with Gasteiger partial charge in [0.05, 0.1) is 6.61 Å². The molecule has 78 valence electrons. The molecule has 0 radical (unpaired) electrons. The number of carboxylic acids is 1. The van der Waals surface area contributed by atoms with Gasteiger partial charge < -0.3 is 14.6 Å². The number of rotatable bonds is 2. The lowest BCUT2D eigenvalue weighted by Crippen LogP contribution is -2.04. The number of epoxide rings is 1. The van der Waals surface area contributed by atoms with E-state index in [1.165, 1.54) is 0 Å². The first-order valence-corrected chi connectivity index (χ1v) is 4.89. The zero-order chi connectivity index (χ0) is 10.4. The third-order valence-electron chi connectivity index (χ3n) is 2.78. The maximum atomic E-state index is 10.6. The van der Waals surface area contributed by atoms with Crippen molar-refractivity contribution in [1.29, 1.82) is 0 Å². The predicted molar refractivity (Wildman–Crippen MR) is 50.9 cm³/mol. The van der Waals surface area contributed by atoms with Gasteiger partial charge in [0, 0.05) is 6.42 Å². The molecule has 4 nitrogen and oxygen atoms in total. The van der Waals surface area contributed by atoms with Crippen LogP contribution in [0.2, 0.25) is 0 Å². The number of benzene rings is 1. The van der Waals surface area contributed by atoms with Gasteiger partial charge in [0.2, 0.25) is 0 Å². The van der Waals surface area contributed by atoms with E-state index in [9.17, 15) is 4.79 Å². The molecule has 1 N–H and O–H groups in total. The van der Waals surface area contributed by atoms with E-state index in [0.717, 1.165) is 23.3 Å². The van der Waals surface area contributed by atoms with Gasteiger partial charge >= 0.3 is 5.97 Å². The second kappa shape index (κ2) is 2.97. The summed E-state index contributed by atoms with van der Waals surface area (Å²) >= 11 is 0. The van der Waals surface area contributed by atoms with Crippen molar-refractivity contribution in [2.45, 2.75) is 18.6 Å². The van der Waals surface area contributed by atoms with Crippen molar-refractivity contribution < 1.29 is 19.4 Å². The first-order valence-electron chi connectivity index (χ1n) is 4.89. The molecule has 2 unspecified atom stereocenters. The fraction of sp³-hybridized carbons (Fsp3) is 0.364. The molecular formula is C11H10O4. The van der Waals surface area contributed by atoms with E-state index in [4.69, 9.17) is 14.6 Å². The van der Waals surface area contributed by atoms with Crippen molar-refractivity contribution in [2.24, 2.45) is 0 Å². The van der Waals surface area contributed by atoms with Gasteiger partial charge in [0.25, 0.3) is 0 Å². The van der Waals surface area contributed by atoms with Gasteiger partial charge in [0.1, 0.15) is 11.9 Å². The normalized spacial score (nSPS) is 26.9. The number of fused-ring (bicyclic) bond motifs is 1. The van der Waals surface area contributed by atoms with Crippen LogP contribution in [0, 0.1) is 0 Å². The van der Waals surface area contributed by atoms with Crippen LogP contribution in [0.25, 0.3) is 0 Å². The Labute approximate surface area is 86.4 Å². The zero-order valence-corrected chi connectivity index (χ0v) is 7.97. The van der Waals surface area contributed by atoms with Crippen molar-refractivity contribution >= 4 is 5.97 Å². The maximum Gasteiger partial charge on any atom is 0.335 e. The Bertz CT molecular complexity index is 427. The molecule has 0 bridgehead atoms. The minimum absolute atomic E-state index is 0.270. The second-order valence-corrected chi connectivity index (χ2v) is 3.78. The molecule has 2 aliphatic rings. The molecule has 2 atom stereocenters. The first-order chi connectivity index (χ1) is 7.25. The minimum Gasteiger partial charge on any atom is -0.493 e. The van der Waals surface area contributed by atoms with Crippen LogP contribution in [0.15, 0.2) is 18.2 Å². The van der Waals surface area contributed by atoms with Crippen molar-refractivity contribution in [3.8, 4) is 5.75 Å². The minimum atomic E-state index is -0.892. The fourth-order valence-corrected chi connectivity index (χ4v) is 1.94. The molecule has 15 heavy (non-hydrogen) atoms. The molecule has 0 saturated carbocycles. The van der Waals surface area contributed by atoms with Gasteiger partial charge in [-0.1, -0.05) is 6.07 Å². The average Bonchev–Trinajstić information content (AvgIpc) is 2.89. The highest BCUT2D eigenvalue weighted by Crippen LogP contribution is 2.40. The van der Waals surface area contributed by atoms with E-state index in [0.29, 0.717) is 6.61 Å². The Morgan fingerprint density at radius 1 is 1.47 bits per heavy atom. The van der Waals surface area contributed by atoms with E-state index in [1.54, 1.807) is 0 Å². The highest BCUT2D eigenvalue weighted by molar-refractivity contribution is 5.76. The van der Waals surface area contributed by atoms with E-state index in [2.05, 4.69) is 0 Å². The summed E-state index contributed by atoms with van der Waals surface area (Å²) < 4.78 is 10.5. The SMILES string of the molecule is O=C(O)C1OC1c1ccc2c(c1)CCO2. The van der Waals surface area contributed by atoms with Gasteiger partial charge in [-0.3, -0.25) is 0 Å². The highest BCUT2D eigenvalue weighted by Gasteiger charge is 2.46. The van der Waals surface area contributed by atoms with Crippen molar-refractivity contribution in [3.05, 3.63) is 29.3 Å². The molecule has 4 heteroatoms. The lowest BCUT2D eigenvalue weighted by atomic mass is 10.0. The Hall–Kier alpha value is -1.55. The van der Waals surface area contributed by atoms with Crippen LogP contribution < -0.4 is 4.74 Å². The number of hydrogen-bond donors (Lipinski definition) is 1. The van der Waals surface area contributed by atoms with Gasteiger partial charge in [-0.2, -0.15) is 0 Å². The summed E-state index contributed by atoms with van der Waals surface area (Å²) in [4.78, 5) is 10.6. The largest absolute Gasteiger partial charge is 0.493 e. The van der Waals surface area contributed by atoms with E-state index in [-0.39, 0.29) is 6.10 Å². The maximum absolute atomic E-state index is 10.6. The number of carboxylic acid groups (broad SMARTS) is 1.